The van der Waals surface area contributed by atoms with E-state index in [-0.39, 0.29) is 17.1 Å². The van der Waals surface area contributed by atoms with E-state index in [0.717, 1.165) is 17.7 Å². The summed E-state index contributed by atoms with van der Waals surface area (Å²) in [6.45, 7) is 1.71. The number of alkyl halides is 3. The fourth-order valence-electron chi connectivity index (χ4n) is 1.94. The average molecular weight is 373 g/mol. The molecule has 0 saturated carbocycles. The lowest BCUT2D eigenvalue weighted by molar-refractivity contribution is -0.137. The first-order chi connectivity index (χ1) is 11.6. The molecule has 0 aliphatic rings. The predicted molar refractivity (Wildman–Crippen MR) is 86.6 cm³/mol. The monoisotopic (exact) mass is 372 g/mol. The molecule has 2 aromatic carbocycles. The third-order valence-electron chi connectivity index (χ3n) is 3.14. The number of aromatic hydroxyl groups is 1. The van der Waals surface area contributed by atoms with Crippen LogP contribution in [0.3, 0.4) is 0 Å². The second kappa shape index (κ2) is 7.02. The number of hydrogen-bond acceptors (Lipinski definition) is 3. The maximum Gasteiger partial charge on any atom is 0.417 e. The number of nitrogens with one attached hydrogen (secondary N) is 2. The SMILES string of the molecule is Cc1ccc(O)c(NC(=O)C(=O)Nc2ccc(Cl)c(C(F)(F)F)c2)c1. The van der Waals surface area contributed by atoms with Gasteiger partial charge >= 0.3 is 18.0 Å². The van der Waals surface area contributed by atoms with Gasteiger partial charge in [0.15, 0.2) is 0 Å². The van der Waals surface area contributed by atoms with E-state index < -0.39 is 28.6 Å². The zero-order chi connectivity index (χ0) is 18.8. The van der Waals surface area contributed by atoms with Gasteiger partial charge in [-0.15, -0.1) is 0 Å². The first-order valence-corrected chi connectivity index (χ1v) is 7.24. The topological polar surface area (TPSA) is 78.4 Å². The van der Waals surface area contributed by atoms with E-state index in [1.165, 1.54) is 12.1 Å². The maximum atomic E-state index is 12.8. The summed E-state index contributed by atoms with van der Waals surface area (Å²) in [5.74, 6) is -2.60. The standard InChI is InChI=1S/C16H12ClF3N2O3/c1-8-2-5-13(23)12(6-8)22-15(25)14(24)21-9-3-4-11(17)10(7-9)16(18,19)20/h2-7,23H,1H3,(H,21,24)(H,22,25). The molecule has 9 heteroatoms. The molecule has 132 valence electrons. The molecule has 2 amide bonds. The zero-order valence-electron chi connectivity index (χ0n) is 12.7. The number of carbonyl (C=O) groups is 2. The van der Waals surface area contributed by atoms with Crippen molar-refractivity contribution in [2.45, 2.75) is 13.1 Å². The number of benzene rings is 2. The number of hydrogen-bond donors (Lipinski definition) is 3. The van der Waals surface area contributed by atoms with Gasteiger partial charge in [0, 0.05) is 5.69 Å². The largest absolute Gasteiger partial charge is 0.506 e. The van der Waals surface area contributed by atoms with Gasteiger partial charge in [-0.2, -0.15) is 13.2 Å². The number of phenolic OH excluding ortho intramolecular Hbond substituents is 1. The summed E-state index contributed by atoms with van der Waals surface area (Å²) in [6, 6.07) is 7.08. The number of anilines is 2. The van der Waals surface area contributed by atoms with E-state index >= 15 is 0 Å². The van der Waals surface area contributed by atoms with Crippen molar-refractivity contribution in [1.29, 1.82) is 0 Å². The Kier molecular flexibility index (Phi) is 5.22. The Morgan fingerprint density at radius 1 is 1.04 bits per heavy atom. The number of aryl methyl sites for hydroxylation is 1. The first-order valence-electron chi connectivity index (χ1n) is 6.86. The van der Waals surface area contributed by atoms with Crippen molar-refractivity contribution >= 4 is 34.8 Å². The van der Waals surface area contributed by atoms with Crippen LogP contribution in [0.2, 0.25) is 5.02 Å². The molecule has 25 heavy (non-hydrogen) atoms. The molecule has 0 aromatic heterocycles. The van der Waals surface area contributed by atoms with Crippen molar-refractivity contribution in [3.8, 4) is 5.75 Å². The highest BCUT2D eigenvalue weighted by molar-refractivity contribution is 6.43. The molecule has 0 radical (unpaired) electrons. The third-order valence-corrected chi connectivity index (χ3v) is 3.47. The van der Waals surface area contributed by atoms with Crippen LogP contribution >= 0.6 is 11.6 Å². The fraction of sp³-hybridized carbons (Fsp3) is 0.125. The molecule has 0 unspecified atom stereocenters. The van der Waals surface area contributed by atoms with E-state index in [0.29, 0.717) is 6.07 Å². The van der Waals surface area contributed by atoms with Crippen LogP contribution in [0.15, 0.2) is 36.4 Å². The highest BCUT2D eigenvalue weighted by atomic mass is 35.5. The molecule has 0 saturated heterocycles. The normalized spacial score (nSPS) is 11.1. The van der Waals surface area contributed by atoms with Crippen molar-refractivity contribution in [1.82, 2.24) is 0 Å². The Labute approximate surface area is 145 Å². The lowest BCUT2D eigenvalue weighted by Gasteiger charge is -2.12. The highest BCUT2D eigenvalue weighted by Crippen LogP contribution is 2.36. The van der Waals surface area contributed by atoms with Crippen molar-refractivity contribution < 1.29 is 27.9 Å². The number of halogens is 4. The van der Waals surface area contributed by atoms with Crippen LogP contribution in [0, 0.1) is 6.92 Å². The maximum absolute atomic E-state index is 12.8. The Morgan fingerprint density at radius 2 is 1.68 bits per heavy atom. The van der Waals surface area contributed by atoms with Gasteiger partial charge in [0.25, 0.3) is 0 Å². The highest BCUT2D eigenvalue weighted by Gasteiger charge is 2.33. The zero-order valence-corrected chi connectivity index (χ0v) is 13.5. The minimum Gasteiger partial charge on any atom is -0.506 e. The van der Waals surface area contributed by atoms with Gasteiger partial charge in [0.1, 0.15) is 5.75 Å². The lowest BCUT2D eigenvalue weighted by Crippen LogP contribution is -2.29. The smallest absolute Gasteiger partial charge is 0.417 e. The number of phenols is 1. The third kappa shape index (κ3) is 4.63. The summed E-state index contributed by atoms with van der Waals surface area (Å²) >= 11 is 5.48. The summed E-state index contributed by atoms with van der Waals surface area (Å²) in [4.78, 5) is 23.7. The van der Waals surface area contributed by atoms with Crippen molar-refractivity contribution in [3.63, 3.8) is 0 Å². The van der Waals surface area contributed by atoms with Crippen molar-refractivity contribution in [3.05, 3.63) is 52.5 Å². The van der Waals surface area contributed by atoms with Gasteiger partial charge in [0.2, 0.25) is 0 Å². The predicted octanol–water partition coefficient (Wildman–Crippen LogP) is 3.95. The molecular weight excluding hydrogens is 361 g/mol. The van der Waals surface area contributed by atoms with Crippen LogP contribution < -0.4 is 10.6 Å². The molecule has 0 bridgehead atoms. The van der Waals surface area contributed by atoms with E-state index in [1.807, 2.05) is 5.32 Å². The van der Waals surface area contributed by atoms with E-state index in [2.05, 4.69) is 5.32 Å². The van der Waals surface area contributed by atoms with Crippen molar-refractivity contribution in [2.75, 3.05) is 10.6 Å². The Morgan fingerprint density at radius 3 is 2.32 bits per heavy atom. The van der Waals surface area contributed by atoms with Gasteiger partial charge in [-0.3, -0.25) is 9.59 Å². The number of amides is 2. The second-order valence-corrected chi connectivity index (χ2v) is 5.53. The van der Waals surface area contributed by atoms with Crippen molar-refractivity contribution in [2.24, 2.45) is 0 Å². The molecule has 0 atom stereocenters. The molecule has 0 aliphatic carbocycles. The van der Waals surface area contributed by atoms with Crippen LogP contribution in [0.25, 0.3) is 0 Å². The molecule has 0 fully saturated rings. The van der Waals surface area contributed by atoms with E-state index in [4.69, 9.17) is 11.6 Å². The number of rotatable bonds is 2. The molecular formula is C16H12ClF3N2O3. The molecule has 3 N–H and O–H groups in total. The van der Waals surface area contributed by atoms with Crippen LogP contribution in [-0.2, 0) is 15.8 Å². The van der Waals surface area contributed by atoms with Gasteiger partial charge in [-0.25, -0.2) is 0 Å². The fourth-order valence-corrected chi connectivity index (χ4v) is 2.16. The van der Waals surface area contributed by atoms with Gasteiger partial charge in [-0.1, -0.05) is 17.7 Å². The summed E-state index contributed by atoms with van der Waals surface area (Å²) in [5.41, 5.74) is -0.651. The average Bonchev–Trinajstić information content (AvgIpc) is 2.51. The molecule has 0 aliphatic heterocycles. The summed E-state index contributed by atoms with van der Waals surface area (Å²) in [6.07, 6.45) is -4.70. The van der Waals surface area contributed by atoms with Gasteiger partial charge < -0.3 is 15.7 Å². The van der Waals surface area contributed by atoms with Crippen LogP contribution in [0.4, 0.5) is 24.5 Å². The quantitative estimate of drug-likeness (QED) is 0.551. The summed E-state index contributed by atoms with van der Waals surface area (Å²) in [7, 11) is 0. The summed E-state index contributed by atoms with van der Waals surface area (Å²) < 4.78 is 38.4. The lowest BCUT2D eigenvalue weighted by atomic mass is 10.2. The molecule has 5 nitrogen and oxygen atoms in total. The van der Waals surface area contributed by atoms with Gasteiger partial charge in [-0.05, 0) is 42.8 Å². The first kappa shape index (κ1) is 18.6. The molecule has 2 aromatic rings. The Bertz CT molecular complexity index is 838. The Hall–Kier alpha value is -2.74. The summed E-state index contributed by atoms with van der Waals surface area (Å²) in [5, 5.41) is 13.3. The second-order valence-electron chi connectivity index (χ2n) is 5.12. The van der Waals surface area contributed by atoms with Crippen LogP contribution in [-0.4, -0.2) is 16.9 Å². The Balaban J connectivity index is 2.14. The van der Waals surface area contributed by atoms with Crippen LogP contribution in [0.1, 0.15) is 11.1 Å². The van der Waals surface area contributed by atoms with E-state index in [1.54, 1.807) is 13.0 Å². The van der Waals surface area contributed by atoms with Crippen LogP contribution in [0.5, 0.6) is 5.75 Å². The molecule has 2 rings (SSSR count). The minimum absolute atomic E-state index is 0.00670. The van der Waals surface area contributed by atoms with E-state index in [9.17, 15) is 27.9 Å². The van der Waals surface area contributed by atoms with Gasteiger partial charge in [0.05, 0.1) is 16.3 Å². The molecule has 0 spiro atoms. The molecule has 0 heterocycles. The minimum atomic E-state index is -4.70. The number of carbonyl (C=O) groups excluding carboxylic acids is 2.